The zero-order chi connectivity index (χ0) is 21.0. The fourth-order valence-electron chi connectivity index (χ4n) is 3.22. The van der Waals surface area contributed by atoms with Crippen molar-refractivity contribution in [2.24, 2.45) is 0 Å². The predicted octanol–water partition coefficient (Wildman–Crippen LogP) is 2.71. The van der Waals surface area contributed by atoms with Crippen molar-refractivity contribution in [2.45, 2.75) is 11.8 Å². The summed E-state index contributed by atoms with van der Waals surface area (Å²) in [6, 6.07) is 12.3. The highest BCUT2D eigenvalue weighted by Crippen LogP contribution is 2.25. The van der Waals surface area contributed by atoms with Gasteiger partial charge in [0.15, 0.2) is 0 Å². The topological polar surface area (TPSA) is 79.0 Å². The summed E-state index contributed by atoms with van der Waals surface area (Å²) in [7, 11) is -1.98. The molecule has 2 aromatic rings. The first kappa shape index (κ1) is 21.8. The molecule has 9 heteroatoms. The van der Waals surface area contributed by atoms with Gasteiger partial charge in [0.05, 0.1) is 24.2 Å². The molecular formula is C20H24BrN3O4S. The Morgan fingerprint density at radius 2 is 1.86 bits per heavy atom. The molecule has 7 nitrogen and oxygen atoms in total. The number of sulfonamides is 1. The first-order chi connectivity index (χ1) is 13.8. The number of carbonyl (C=O) groups is 1. The van der Waals surface area contributed by atoms with Crippen molar-refractivity contribution in [3.8, 4) is 5.75 Å². The third kappa shape index (κ3) is 5.36. The van der Waals surface area contributed by atoms with E-state index in [0.717, 1.165) is 10.0 Å². The molecule has 1 fully saturated rings. The maximum Gasteiger partial charge on any atom is 0.243 e. The zero-order valence-electron chi connectivity index (χ0n) is 16.4. The molecule has 1 N–H and O–H groups in total. The molecule has 0 aromatic heterocycles. The highest BCUT2D eigenvalue weighted by molar-refractivity contribution is 9.10. The van der Waals surface area contributed by atoms with Gasteiger partial charge in [-0.15, -0.1) is 0 Å². The van der Waals surface area contributed by atoms with E-state index in [9.17, 15) is 13.2 Å². The van der Waals surface area contributed by atoms with Crippen LogP contribution in [0.25, 0.3) is 0 Å². The lowest BCUT2D eigenvalue weighted by Crippen LogP contribution is -2.50. The Hall–Kier alpha value is -1.94. The minimum atomic E-state index is -3.54. The summed E-state index contributed by atoms with van der Waals surface area (Å²) in [5, 5.41) is 2.88. The zero-order valence-corrected chi connectivity index (χ0v) is 18.8. The Bertz CT molecular complexity index is 989. The molecule has 1 amide bonds. The number of aryl methyl sites for hydroxylation is 1. The number of methoxy groups -OCH3 is 1. The van der Waals surface area contributed by atoms with Crippen LogP contribution in [-0.2, 0) is 14.8 Å². The number of carbonyl (C=O) groups excluding carboxylic acids is 1. The van der Waals surface area contributed by atoms with Crippen molar-refractivity contribution in [3.05, 3.63) is 52.5 Å². The Morgan fingerprint density at radius 1 is 1.14 bits per heavy atom. The van der Waals surface area contributed by atoms with E-state index in [0.29, 0.717) is 37.6 Å². The van der Waals surface area contributed by atoms with Crippen LogP contribution in [0.4, 0.5) is 5.69 Å². The van der Waals surface area contributed by atoms with Gasteiger partial charge in [-0.05, 0) is 42.8 Å². The van der Waals surface area contributed by atoms with Gasteiger partial charge in [-0.1, -0.05) is 28.1 Å². The molecule has 0 saturated carbocycles. The van der Waals surface area contributed by atoms with E-state index in [1.807, 2.05) is 30.0 Å². The number of ether oxygens (including phenoxy) is 1. The molecule has 2 aromatic carbocycles. The summed E-state index contributed by atoms with van der Waals surface area (Å²) in [6.45, 7) is 3.81. The van der Waals surface area contributed by atoms with E-state index in [4.69, 9.17) is 4.74 Å². The second kappa shape index (κ2) is 9.25. The molecule has 0 aliphatic carbocycles. The van der Waals surface area contributed by atoms with Gasteiger partial charge in [0.1, 0.15) is 5.75 Å². The third-order valence-electron chi connectivity index (χ3n) is 4.76. The molecule has 1 heterocycles. The quantitative estimate of drug-likeness (QED) is 0.685. The van der Waals surface area contributed by atoms with Gasteiger partial charge >= 0.3 is 0 Å². The predicted molar refractivity (Wildman–Crippen MR) is 116 cm³/mol. The molecule has 29 heavy (non-hydrogen) atoms. The van der Waals surface area contributed by atoms with Crippen LogP contribution in [0.3, 0.4) is 0 Å². The van der Waals surface area contributed by atoms with Gasteiger partial charge in [-0.25, -0.2) is 8.42 Å². The number of nitrogens with one attached hydrogen (secondary N) is 1. The molecule has 1 aliphatic heterocycles. The number of amides is 1. The molecule has 1 saturated heterocycles. The molecule has 3 rings (SSSR count). The molecule has 0 spiro atoms. The molecule has 0 bridgehead atoms. The van der Waals surface area contributed by atoms with Crippen LogP contribution in [-0.4, -0.2) is 63.4 Å². The minimum Gasteiger partial charge on any atom is -0.495 e. The van der Waals surface area contributed by atoms with E-state index < -0.39 is 10.0 Å². The van der Waals surface area contributed by atoms with Crippen LogP contribution in [0.5, 0.6) is 5.75 Å². The highest BCUT2D eigenvalue weighted by Gasteiger charge is 2.29. The van der Waals surface area contributed by atoms with E-state index in [2.05, 4.69) is 21.2 Å². The van der Waals surface area contributed by atoms with Gasteiger partial charge in [0.2, 0.25) is 15.9 Å². The van der Waals surface area contributed by atoms with Crippen molar-refractivity contribution >= 4 is 37.5 Å². The van der Waals surface area contributed by atoms with E-state index in [1.54, 1.807) is 31.4 Å². The van der Waals surface area contributed by atoms with Crippen molar-refractivity contribution < 1.29 is 17.9 Å². The van der Waals surface area contributed by atoms with Crippen molar-refractivity contribution in [1.29, 1.82) is 0 Å². The standard InChI is InChI=1S/C20H24BrN3O4S/c1-15-6-7-19(28-2)18(12-15)22-20(25)14-23-8-10-24(11-9-23)29(26,27)17-5-3-4-16(21)13-17/h3-7,12-13H,8-11,14H2,1-2H3,(H,22,25). The van der Waals surface area contributed by atoms with E-state index >= 15 is 0 Å². The first-order valence-corrected chi connectivity index (χ1v) is 11.5. The van der Waals surface area contributed by atoms with Crippen LogP contribution in [0.2, 0.25) is 0 Å². The molecule has 0 unspecified atom stereocenters. The number of anilines is 1. The Balaban J connectivity index is 1.57. The second-order valence-corrected chi connectivity index (χ2v) is 9.74. The van der Waals surface area contributed by atoms with E-state index in [1.165, 1.54) is 4.31 Å². The van der Waals surface area contributed by atoms with Gasteiger partial charge in [-0.2, -0.15) is 4.31 Å². The number of rotatable bonds is 6. The lowest BCUT2D eigenvalue weighted by molar-refractivity contribution is -0.117. The molecule has 156 valence electrons. The first-order valence-electron chi connectivity index (χ1n) is 9.22. The van der Waals surface area contributed by atoms with Crippen LogP contribution < -0.4 is 10.1 Å². The van der Waals surface area contributed by atoms with Crippen LogP contribution in [0, 0.1) is 6.92 Å². The number of benzene rings is 2. The number of nitrogens with zero attached hydrogens (tertiary/aromatic N) is 2. The molecular weight excluding hydrogens is 458 g/mol. The Morgan fingerprint density at radius 3 is 2.52 bits per heavy atom. The normalized spacial score (nSPS) is 15.8. The summed E-state index contributed by atoms with van der Waals surface area (Å²) >= 11 is 3.31. The van der Waals surface area contributed by atoms with Crippen LogP contribution in [0.1, 0.15) is 5.56 Å². The second-order valence-electron chi connectivity index (χ2n) is 6.89. The summed E-state index contributed by atoms with van der Waals surface area (Å²) in [4.78, 5) is 14.7. The summed E-state index contributed by atoms with van der Waals surface area (Å²) in [5.41, 5.74) is 1.65. The van der Waals surface area contributed by atoms with Crippen LogP contribution in [0.15, 0.2) is 51.8 Å². The fourth-order valence-corrected chi connectivity index (χ4v) is 5.24. The van der Waals surface area contributed by atoms with Gasteiger partial charge in [0, 0.05) is 30.7 Å². The smallest absolute Gasteiger partial charge is 0.243 e. The Labute approximate surface area is 179 Å². The van der Waals surface area contributed by atoms with Crippen LogP contribution >= 0.6 is 15.9 Å². The lowest BCUT2D eigenvalue weighted by Gasteiger charge is -2.33. The Kier molecular flexibility index (Phi) is 6.94. The SMILES string of the molecule is COc1ccc(C)cc1NC(=O)CN1CCN(S(=O)(=O)c2cccc(Br)c2)CC1. The highest BCUT2D eigenvalue weighted by atomic mass is 79.9. The maximum absolute atomic E-state index is 12.8. The third-order valence-corrected chi connectivity index (χ3v) is 7.15. The summed E-state index contributed by atoms with van der Waals surface area (Å²) in [5.74, 6) is 0.450. The summed E-state index contributed by atoms with van der Waals surface area (Å²) < 4.78 is 33.1. The summed E-state index contributed by atoms with van der Waals surface area (Å²) in [6.07, 6.45) is 0. The largest absolute Gasteiger partial charge is 0.495 e. The monoisotopic (exact) mass is 481 g/mol. The lowest BCUT2D eigenvalue weighted by atomic mass is 10.2. The number of hydrogen-bond acceptors (Lipinski definition) is 5. The maximum atomic E-state index is 12.8. The van der Waals surface area contributed by atoms with E-state index in [-0.39, 0.29) is 17.3 Å². The van der Waals surface area contributed by atoms with Crippen molar-refractivity contribution in [3.63, 3.8) is 0 Å². The number of halogens is 1. The fraction of sp³-hybridized carbons (Fsp3) is 0.350. The van der Waals surface area contributed by atoms with Gasteiger partial charge in [-0.3, -0.25) is 9.69 Å². The van der Waals surface area contributed by atoms with Gasteiger partial charge < -0.3 is 10.1 Å². The minimum absolute atomic E-state index is 0.155. The van der Waals surface area contributed by atoms with Gasteiger partial charge in [0.25, 0.3) is 0 Å². The molecule has 0 atom stereocenters. The molecule has 0 radical (unpaired) electrons. The van der Waals surface area contributed by atoms with Crippen molar-refractivity contribution in [2.75, 3.05) is 45.2 Å². The average Bonchev–Trinajstić information content (AvgIpc) is 2.68. The number of piperazine rings is 1. The average molecular weight is 482 g/mol. The van der Waals surface area contributed by atoms with Crippen molar-refractivity contribution in [1.82, 2.24) is 9.21 Å². The number of hydrogen-bond donors (Lipinski definition) is 1. The molecule has 1 aliphatic rings.